The predicted molar refractivity (Wildman–Crippen MR) is 77.1 cm³/mol. The van der Waals surface area contributed by atoms with E-state index in [4.69, 9.17) is 5.11 Å². The number of carbonyl (C=O) groups is 1. The van der Waals surface area contributed by atoms with Crippen LogP contribution < -0.4 is 5.56 Å². The van der Waals surface area contributed by atoms with Gasteiger partial charge in [0.05, 0.1) is 11.8 Å². The van der Waals surface area contributed by atoms with Gasteiger partial charge >= 0.3 is 5.97 Å². The van der Waals surface area contributed by atoms with Crippen molar-refractivity contribution in [2.45, 2.75) is 18.1 Å². The zero-order valence-corrected chi connectivity index (χ0v) is 12.0. The lowest BCUT2D eigenvalue weighted by molar-refractivity contribution is -0.133. The lowest BCUT2D eigenvalue weighted by Crippen LogP contribution is -2.17. The Morgan fingerprint density at radius 3 is 2.67 bits per heavy atom. The van der Waals surface area contributed by atoms with Gasteiger partial charge in [-0.3, -0.25) is 9.59 Å². The molecular weight excluding hydrogens is 295 g/mol. The van der Waals surface area contributed by atoms with Crippen LogP contribution >= 0.6 is 11.8 Å². The Kier molecular flexibility index (Phi) is 4.74. The van der Waals surface area contributed by atoms with Crippen molar-refractivity contribution in [3.63, 3.8) is 0 Å². The van der Waals surface area contributed by atoms with Crippen LogP contribution in [0.25, 0.3) is 0 Å². The minimum atomic E-state index is -0.987. The molecule has 0 aliphatic heterocycles. The van der Waals surface area contributed by atoms with Gasteiger partial charge in [-0.2, -0.15) is 4.98 Å². The highest BCUT2D eigenvalue weighted by molar-refractivity contribution is 7.99. The van der Waals surface area contributed by atoms with Gasteiger partial charge in [0.2, 0.25) is 0 Å². The van der Waals surface area contributed by atoms with E-state index < -0.39 is 11.5 Å². The monoisotopic (exact) mass is 308 g/mol. The van der Waals surface area contributed by atoms with Gasteiger partial charge in [-0.05, 0) is 24.6 Å². The number of hydrogen-bond donors (Lipinski definition) is 1. The van der Waals surface area contributed by atoms with Crippen molar-refractivity contribution in [2.75, 3.05) is 5.75 Å². The Balaban J connectivity index is 2.35. The normalized spacial score (nSPS) is 12.1. The predicted octanol–water partition coefficient (Wildman–Crippen LogP) is 2.17. The first-order valence-corrected chi connectivity index (χ1v) is 7.15. The quantitative estimate of drug-likeness (QED) is 0.677. The summed E-state index contributed by atoms with van der Waals surface area (Å²) in [4.78, 5) is 25.9. The van der Waals surface area contributed by atoms with Gasteiger partial charge in [0.25, 0.3) is 5.56 Å². The van der Waals surface area contributed by atoms with E-state index in [1.165, 1.54) is 18.2 Å². The smallest absolute Gasteiger partial charge is 0.313 e. The second kappa shape index (κ2) is 6.53. The Bertz CT molecular complexity index is 700. The van der Waals surface area contributed by atoms with E-state index in [0.717, 1.165) is 17.3 Å². The lowest BCUT2D eigenvalue weighted by atomic mass is 10.1. The minimum Gasteiger partial charge on any atom is -0.481 e. The molecular formula is C14H13FN2O3S. The highest BCUT2D eigenvalue weighted by Gasteiger charge is 2.13. The largest absolute Gasteiger partial charge is 0.481 e. The second-order valence-electron chi connectivity index (χ2n) is 4.37. The molecule has 7 heteroatoms. The van der Waals surface area contributed by atoms with Gasteiger partial charge < -0.3 is 9.67 Å². The molecule has 1 atom stereocenters. The van der Waals surface area contributed by atoms with E-state index in [-0.39, 0.29) is 17.6 Å². The van der Waals surface area contributed by atoms with Crippen molar-refractivity contribution in [3.8, 4) is 0 Å². The van der Waals surface area contributed by atoms with E-state index in [9.17, 15) is 14.0 Å². The number of carboxylic acids is 1. The maximum atomic E-state index is 13.0. The van der Waals surface area contributed by atoms with Crippen molar-refractivity contribution >= 4 is 17.7 Å². The highest BCUT2D eigenvalue weighted by Crippen LogP contribution is 2.23. The van der Waals surface area contributed by atoms with E-state index in [2.05, 4.69) is 4.98 Å². The molecule has 0 aliphatic rings. The van der Waals surface area contributed by atoms with Crippen LogP contribution in [0.2, 0.25) is 0 Å². The molecule has 110 valence electrons. The molecule has 0 radical (unpaired) electrons. The molecule has 5 nitrogen and oxygen atoms in total. The number of halogens is 1. The first-order chi connectivity index (χ1) is 9.97. The summed E-state index contributed by atoms with van der Waals surface area (Å²) in [7, 11) is 0. The molecule has 2 rings (SSSR count). The Morgan fingerprint density at radius 1 is 1.38 bits per heavy atom. The number of carboxylic acid groups (broad SMARTS) is 1. The number of nitrogens with zero attached hydrogens (tertiary/aromatic N) is 2. The van der Waals surface area contributed by atoms with Gasteiger partial charge in [-0.25, -0.2) is 4.39 Å². The molecule has 1 aromatic heterocycles. The first kappa shape index (κ1) is 15.2. The Labute approximate surface area is 124 Å². The van der Waals surface area contributed by atoms with Crippen molar-refractivity contribution < 1.29 is 14.3 Å². The minimum absolute atomic E-state index is 0.188. The fraction of sp³-hybridized carbons (Fsp3) is 0.214. The lowest BCUT2D eigenvalue weighted by Gasteiger charge is -2.19. The molecule has 0 saturated heterocycles. The summed E-state index contributed by atoms with van der Waals surface area (Å²) < 4.78 is 14.7. The fourth-order valence-corrected chi connectivity index (χ4v) is 2.60. The molecule has 1 N–H and O–H groups in total. The maximum Gasteiger partial charge on any atom is 0.313 e. The van der Waals surface area contributed by atoms with E-state index >= 15 is 0 Å². The van der Waals surface area contributed by atoms with E-state index in [1.54, 1.807) is 22.9 Å². The van der Waals surface area contributed by atoms with Gasteiger partial charge in [0.15, 0.2) is 5.16 Å². The molecule has 0 bridgehead atoms. The maximum absolute atomic E-state index is 13.0. The summed E-state index contributed by atoms with van der Waals surface area (Å²) >= 11 is 0.974. The molecule has 1 unspecified atom stereocenters. The molecule has 1 heterocycles. The zero-order chi connectivity index (χ0) is 15.4. The van der Waals surface area contributed by atoms with Crippen LogP contribution in [-0.4, -0.2) is 26.4 Å². The standard InChI is InChI=1S/C14H13FN2O3S/c1-9(10-2-4-11(15)5-3-10)17-7-6-12(18)16-14(17)21-8-13(19)20/h2-7,9H,8H2,1H3,(H,19,20). The molecule has 0 saturated carbocycles. The summed E-state index contributed by atoms with van der Waals surface area (Å²) in [5.74, 6) is -1.50. The number of aliphatic carboxylic acids is 1. The molecule has 0 aliphatic carbocycles. The van der Waals surface area contributed by atoms with E-state index in [0.29, 0.717) is 5.16 Å². The molecule has 2 aromatic rings. The first-order valence-electron chi connectivity index (χ1n) is 6.16. The number of aromatic nitrogens is 2. The third-order valence-corrected chi connectivity index (χ3v) is 3.85. The van der Waals surface area contributed by atoms with Gasteiger partial charge in [0.1, 0.15) is 5.82 Å². The second-order valence-corrected chi connectivity index (χ2v) is 5.31. The zero-order valence-electron chi connectivity index (χ0n) is 11.2. The summed E-state index contributed by atoms with van der Waals surface area (Å²) in [6.45, 7) is 1.87. The average molecular weight is 308 g/mol. The third-order valence-electron chi connectivity index (χ3n) is 2.90. The Morgan fingerprint density at radius 2 is 2.05 bits per heavy atom. The number of thioether (sulfide) groups is 1. The highest BCUT2D eigenvalue weighted by atomic mass is 32.2. The van der Waals surface area contributed by atoms with Crippen LogP contribution in [0, 0.1) is 5.82 Å². The van der Waals surface area contributed by atoms with Crippen LogP contribution in [0.3, 0.4) is 0 Å². The van der Waals surface area contributed by atoms with Crippen molar-refractivity contribution in [1.82, 2.24) is 9.55 Å². The van der Waals surface area contributed by atoms with Gasteiger partial charge in [-0.1, -0.05) is 23.9 Å². The van der Waals surface area contributed by atoms with Crippen molar-refractivity contribution in [2.24, 2.45) is 0 Å². The topological polar surface area (TPSA) is 72.2 Å². The van der Waals surface area contributed by atoms with Crippen LogP contribution in [-0.2, 0) is 4.79 Å². The van der Waals surface area contributed by atoms with Crippen LogP contribution in [0.1, 0.15) is 18.5 Å². The van der Waals surface area contributed by atoms with Crippen LogP contribution in [0.15, 0.2) is 46.5 Å². The van der Waals surface area contributed by atoms with Crippen molar-refractivity contribution in [1.29, 1.82) is 0 Å². The van der Waals surface area contributed by atoms with E-state index in [1.807, 2.05) is 6.92 Å². The average Bonchev–Trinajstić information content (AvgIpc) is 2.45. The molecule has 0 amide bonds. The summed E-state index contributed by atoms with van der Waals surface area (Å²) in [6.07, 6.45) is 1.56. The fourth-order valence-electron chi connectivity index (χ4n) is 1.83. The summed E-state index contributed by atoms with van der Waals surface area (Å²) in [5, 5.41) is 9.06. The third kappa shape index (κ3) is 3.91. The summed E-state index contributed by atoms with van der Waals surface area (Å²) in [6, 6.07) is 7.10. The van der Waals surface area contributed by atoms with Crippen LogP contribution in [0.5, 0.6) is 0 Å². The SMILES string of the molecule is CC(c1ccc(F)cc1)n1ccc(=O)nc1SCC(=O)O. The van der Waals surface area contributed by atoms with Gasteiger partial charge in [-0.15, -0.1) is 0 Å². The number of rotatable bonds is 5. The molecule has 0 spiro atoms. The molecule has 21 heavy (non-hydrogen) atoms. The number of hydrogen-bond acceptors (Lipinski definition) is 4. The van der Waals surface area contributed by atoms with Gasteiger partial charge in [0, 0.05) is 12.3 Å². The molecule has 0 fully saturated rings. The van der Waals surface area contributed by atoms with Crippen molar-refractivity contribution in [3.05, 3.63) is 58.3 Å². The number of benzene rings is 1. The van der Waals surface area contributed by atoms with Crippen LogP contribution in [0.4, 0.5) is 4.39 Å². The Hall–Kier alpha value is -2.15. The molecule has 1 aromatic carbocycles. The summed E-state index contributed by atoms with van der Waals surface area (Å²) in [5.41, 5.74) is 0.407.